The summed E-state index contributed by atoms with van der Waals surface area (Å²) in [4.78, 5) is 19.1. The summed E-state index contributed by atoms with van der Waals surface area (Å²) >= 11 is 12.3. The highest BCUT2D eigenvalue weighted by Gasteiger charge is 2.42. The lowest BCUT2D eigenvalue weighted by Crippen LogP contribution is -2.29. The number of nitrogens with one attached hydrogen (secondary N) is 2. The Balaban J connectivity index is 1.65. The molecule has 10 heteroatoms. The van der Waals surface area contributed by atoms with Crippen molar-refractivity contribution in [2.45, 2.75) is 25.9 Å². The molecule has 2 N–H and O–H groups in total. The number of rotatable bonds is 8. The topological polar surface area (TPSA) is 80.7 Å². The number of carbonyl (C=O) groups is 1. The van der Waals surface area contributed by atoms with Crippen LogP contribution in [0.3, 0.4) is 0 Å². The van der Waals surface area contributed by atoms with Gasteiger partial charge >= 0.3 is 0 Å². The van der Waals surface area contributed by atoms with Gasteiger partial charge in [0.15, 0.2) is 5.11 Å². The van der Waals surface area contributed by atoms with Gasteiger partial charge in [-0.25, -0.2) is 0 Å². The van der Waals surface area contributed by atoms with Crippen LogP contribution < -0.4 is 20.3 Å². The van der Waals surface area contributed by atoms with Crippen molar-refractivity contribution in [3.05, 3.63) is 101 Å². The van der Waals surface area contributed by atoms with Crippen molar-refractivity contribution >= 4 is 46.2 Å². The first-order valence-corrected chi connectivity index (χ1v) is 13.5. The Hall–Kier alpha value is -3.92. The van der Waals surface area contributed by atoms with Crippen LogP contribution in [-0.4, -0.2) is 41.4 Å². The second-order valence-corrected chi connectivity index (χ2v) is 10.3. The van der Waals surface area contributed by atoms with Gasteiger partial charge in [-0.1, -0.05) is 23.7 Å². The van der Waals surface area contributed by atoms with Gasteiger partial charge < -0.3 is 29.6 Å². The first-order chi connectivity index (χ1) is 19.3. The van der Waals surface area contributed by atoms with Crippen LogP contribution in [0.15, 0.2) is 72.9 Å². The van der Waals surface area contributed by atoms with E-state index in [9.17, 15) is 4.79 Å². The number of amides is 1. The van der Waals surface area contributed by atoms with Crippen molar-refractivity contribution in [1.82, 2.24) is 14.9 Å². The first kappa shape index (κ1) is 27.6. The van der Waals surface area contributed by atoms with Crippen LogP contribution >= 0.6 is 23.8 Å². The molecule has 1 amide bonds. The maximum absolute atomic E-state index is 12.4. The summed E-state index contributed by atoms with van der Waals surface area (Å²) in [6, 6.07) is 21.0. The Morgan fingerprint density at radius 2 is 1.90 bits per heavy atom. The zero-order valence-electron chi connectivity index (χ0n) is 22.6. The minimum Gasteiger partial charge on any atom is -0.495 e. The third-order valence-electron chi connectivity index (χ3n) is 6.96. The number of thiocarbonyl (C=S) groups is 1. The third-order valence-corrected chi connectivity index (χ3v) is 7.51. The highest BCUT2D eigenvalue weighted by Crippen LogP contribution is 2.45. The van der Waals surface area contributed by atoms with Gasteiger partial charge in [-0.2, -0.15) is 0 Å². The molecule has 206 valence electrons. The molecule has 1 aliphatic heterocycles. The Labute approximate surface area is 243 Å². The fraction of sp³-hybridized carbons (Fsp3) is 0.233. The Bertz CT molecular complexity index is 1560. The summed E-state index contributed by atoms with van der Waals surface area (Å²) in [6.07, 6.45) is 1.78. The van der Waals surface area contributed by atoms with Crippen LogP contribution in [0.5, 0.6) is 5.75 Å². The number of ether oxygens (including phenoxy) is 2. The van der Waals surface area contributed by atoms with Gasteiger partial charge in [0.25, 0.3) is 0 Å². The quantitative estimate of drug-likeness (QED) is 0.253. The summed E-state index contributed by atoms with van der Waals surface area (Å²) in [7, 11) is 3.04. The van der Waals surface area contributed by atoms with Crippen molar-refractivity contribution in [1.29, 1.82) is 0 Å². The van der Waals surface area contributed by atoms with Gasteiger partial charge in [0.05, 0.1) is 30.6 Å². The number of hydrogen-bond donors (Lipinski definition) is 2. The molecule has 0 bridgehead atoms. The monoisotopic (exact) mass is 575 g/mol. The molecule has 5 rings (SSSR count). The maximum Gasteiger partial charge on any atom is 0.250 e. The molecule has 1 fully saturated rings. The molecule has 2 aromatic heterocycles. The number of benzene rings is 2. The molecule has 40 heavy (non-hydrogen) atoms. The number of pyridine rings is 1. The van der Waals surface area contributed by atoms with Gasteiger partial charge in [-0.3, -0.25) is 9.78 Å². The minimum atomic E-state index is -0.284. The molecule has 0 radical (unpaired) electrons. The predicted octanol–water partition coefficient (Wildman–Crippen LogP) is 5.91. The van der Waals surface area contributed by atoms with E-state index in [1.807, 2.05) is 60.7 Å². The summed E-state index contributed by atoms with van der Waals surface area (Å²) in [6.45, 7) is 4.11. The van der Waals surface area contributed by atoms with Crippen LogP contribution in [0.25, 0.3) is 5.69 Å². The fourth-order valence-corrected chi connectivity index (χ4v) is 5.84. The minimum absolute atomic E-state index is 0.0725. The molecule has 0 unspecified atom stereocenters. The molecule has 0 spiro atoms. The Morgan fingerprint density at radius 1 is 1.07 bits per heavy atom. The second kappa shape index (κ2) is 11.7. The van der Waals surface area contributed by atoms with Crippen LogP contribution in [0.2, 0.25) is 5.02 Å². The van der Waals surface area contributed by atoms with E-state index in [0.29, 0.717) is 21.6 Å². The molecule has 8 nitrogen and oxygen atoms in total. The number of carbonyl (C=O) groups excluding carboxylic acids is 1. The molecule has 0 saturated carbocycles. The van der Waals surface area contributed by atoms with E-state index in [0.717, 1.165) is 34.0 Å². The van der Waals surface area contributed by atoms with Crippen molar-refractivity contribution < 1.29 is 14.3 Å². The third kappa shape index (κ3) is 5.28. The molecular weight excluding hydrogens is 546 g/mol. The molecule has 1 aliphatic rings. The lowest BCUT2D eigenvalue weighted by Gasteiger charge is -2.29. The van der Waals surface area contributed by atoms with Crippen molar-refractivity contribution in [2.24, 2.45) is 0 Å². The van der Waals surface area contributed by atoms with E-state index in [-0.39, 0.29) is 24.6 Å². The lowest BCUT2D eigenvalue weighted by atomic mass is 9.96. The van der Waals surface area contributed by atoms with Gasteiger partial charge in [0.1, 0.15) is 12.4 Å². The number of aryl methyl sites for hydroxylation is 1. The van der Waals surface area contributed by atoms with Gasteiger partial charge in [0, 0.05) is 41.1 Å². The number of anilines is 2. The molecule has 0 aliphatic carbocycles. The van der Waals surface area contributed by atoms with Crippen LogP contribution in [0.4, 0.5) is 11.4 Å². The van der Waals surface area contributed by atoms with E-state index in [1.54, 1.807) is 13.3 Å². The highest BCUT2D eigenvalue weighted by molar-refractivity contribution is 7.80. The van der Waals surface area contributed by atoms with E-state index in [1.165, 1.54) is 7.11 Å². The summed E-state index contributed by atoms with van der Waals surface area (Å²) in [5.74, 6) is 0.247. The number of methoxy groups -OCH3 is 2. The average Bonchev–Trinajstić information content (AvgIpc) is 3.44. The molecule has 2 aromatic carbocycles. The summed E-state index contributed by atoms with van der Waals surface area (Å²) < 4.78 is 12.7. The smallest absolute Gasteiger partial charge is 0.250 e. The zero-order valence-corrected chi connectivity index (χ0v) is 24.2. The average molecular weight is 576 g/mol. The van der Waals surface area contributed by atoms with Crippen LogP contribution in [0.1, 0.15) is 34.7 Å². The van der Waals surface area contributed by atoms with Crippen molar-refractivity contribution in [2.75, 3.05) is 31.0 Å². The number of nitrogens with zero attached hydrogens (tertiary/aromatic N) is 3. The summed E-state index contributed by atoms with van der Waals surface area (Å²) in [5.41, 5.74) is 6.37. The normalized spacial score (nSPS) is 16.6. The van der Waals surface area contributed by atoms with Crippen molar-refractivity contribution in [3.63, 3.8) is 0 Å². The van der Waals surface area contributed by atoms with Crippen molar-refractivity contribution in [3.8, 4) is 11.4 Å². The molecule has 3 heterocycles. The fourth-order valence-electron chi connectivity index (χ4n) is 5.31. The van der Waals surface area contributed by atoms with E-state index in [2.05, 4.69) is 45.0 Å². The van der Waals surface area contributed by atoms with Crippen LogP contribution in [0, 0.1) is 13.8 Å². The molecule has 1 saturated heterocycles. The first-order valence-electron chi connectivity index (χ1n) is 12.7. The predicted molar refractivity (Wildman–Crippen MR) is 162 cm³/mol. The molecule has 4 aromatic rings. The second-order valence-electron chi connectivity index (χ2n) is 9.50. The number of hydrogen-bond acceptors (Lipinski definition) is 5. The van der Waals surface area contributed by atoms with Gasteiger partial charge in [0.2, 0.25) is 5.91 Å². The maximum atomic E-state index is 12.4. The van der Waals surface area contributed by atoms with Crippen LogP contribution in [-0.2, 0) is 9.53 Å². The molecule has 2 atom stereocenters. The van der Waals surface area contributed by atoms with E-state index < -0.39 is 0 Å². The Kier molecular flexibility index (Phi) is 8.07. The van der Waals surface area contributed by atoms with E-state index in [4.69, 9.17) is 33.3 Å². The standard InChI is InChI=1S/C30H30ClN5O3S/c1-18-14-23(19(2)35(18)21-9-7-8-20(31)15-21)29-28(24-10-5-6-13-32-24)34-30(40)36(29)22-11-12-26(39-4)25(16-22)33-27(37)17-38-3/h5-16,28-29H,17H2,1-4H3,(H,33,37)(H,34,40)/t28-,29-/m0/s1. The summed E-state index contributed by atoms with van der Waals surface area (Å²) in [5, 5.41) is 7.61. The highest BCUT2D eigenvalue weighted by atomic mass is 35.5. The van der Waals surface area contributed by atoms with Gasteiger partial charge in [-0.15, -0.1) is 0 Å². The Morgan fingerprint density at radius 3 is 2.60 bits per heavy atom. The lowest BCUT2D eigenvalue weighted by molar-refractivity contribution is -0.119. The van der Waals surface area contributed by atoms with Gasteiger partial charge in [-0.05, 0) is 86.2 Å². The van der Waals surface area contributed by atoms with E-state index >= 15 is 0 Å². The number of halogens is 1. The largest absolute Gasteiger partial charge is 0.495 e. The molecular formula is C30H30ClN5O3S. The SMILES string of the molecule is COCC(=O)Nc1cc(N2C(=S)N[C@@H](c3ccccn3)[C@@H]2c2cc(C)n(-c3cccc(Cl)c3)c2C)ccc1OC. The number of aromatic nitrogens is 2. The zero-order chi connectivity index (χ0) is 28.4.